The normalized spacial score (nSPS) is 14.6. The van der Waals surface area contributed by atoms with E-state index in [4.69, 9.17) is 9.47 Å². The highest BCUT2D eigenvalue weighted by Gasteiger charge is 2.36. The number of nitrogens with one attached hydrogen (secondary N) is 3. The van der Waals surface area contributed by atoms with Gasteiger partial charge in [0, 0.05) is 28.6 Å². The molecule has 3 aromatic rings. The average Bonchev–Trinajstić information content (AvgIpc) is 2.96. The van der Waals surface area contributed by atoms with Crippen molar-refractivity contribution < 1.29 is 23.5 Å². The Kier molecular flexibility index (Phi) is 9.09. The molecule has 0 spiro atoms. The summed E-state index contributed by atoms with van der Waals surface area (Å²) in [5, 5.41) is 19.3. The lowest BCUT2D eigenvalue weighted by Crippen LogP contribution is -2.31. The fourth-order valence-electron chi connectivity index (χ4n) is 4.32. The molecule has 0 fully saturated rings. The van der Waals surface area contributed by atoms with E-state index in [0.29, 0.717) is 33.6 Å². The standard InChI is InChI=1S/C30H27FN4O4S/c1-18-27(29(37)35-24-13-6-7-14-25(24)39-3)28(21-11-4-5-12-23(21)31)22(16-32)30(33-18)40-17-26(36)34-19-9-8-10-20(15-19)38-2/h4-15,28,33H,17H2,1-3H3,(H,34,36)(H,35,37). The number of hydrogen-bond donors (Lipinski definition) is 3. The van der Waals surface area contributed by atoms with Crippen LogP contribution in [0, 0.1) is 17.1 Å². The zero-order valence-corrected chi connectivity index (χ0v) is 22.9. The van der Waals surface area contributed by atoms with Crippen LogP contribution >= 0.6 is 11.8 Å². The van der Waals surface area contributed by atoms with E-state index < -0.39 is 17.6 Å². The first-order chi connectivity index (χ1) is 19.4. The van der Waals surface area contributed by atoms with E-state index in [0.717, 1.165) is 11.8 Å². The molecule has 4 rings (SSSR count). The van der Waals surface area contributed by atoms with Crippen LogP contribution in [0.3, 0.4) is 0 Å². The van der Waals surface area contributed by atoms with Gasteiger partial charge in [-0.3, -0.25) is 9.59 Å². The molecular formula is C30H27FN4O4S. The number of amides is 2. The number of dihydropyridines is 1. The average molecular weight is 559 g/mol. The number of para-hydroxylation sites is 2. The number of ether oxygens (including phenoxy) is 2. The second kappa shape index (κ2) is 12.9. The van der Waals surface area contributed by atoms with Crippen molar-refractivity contribution in [1.29, 1.82) is 5.26 Å². The number of rotatable bonds is 9. The second-order valence-corrected chi connectivity index (χ2v) is 9.68. The van der Waals surface area contributed by atoms with Gasteiger partial charge in [-0.25, -0.2) is 4.39 Å². The molecule has 8 nitrogen and oxygen atoms in total. The molecule has 1 heterocycles. The zero-order valence-electron chi connectivity index (χ0n) is 22.1. The molecule has 0 bridgehead atoms. The molecule has 3 N–H and O–H groups in total. The molecular weight excluding hydrogens is 531 g/mol. The largest absolute Gasteiger partial charge is 0.497 e. The van der Waals surface area contributed by atoms with Crippen molar-refractivity contribution >= 4 is 35.0 Å². The minimum atomic E-state index is -1.01. The highest BCUT2D eigenvalue weighted by Crippen LogP contribution is 2.42. The number of hydrogen-bond acceptors (Lipinski definition) is 7. The molecule has 0 saturated heterocycles. The summed E-state index contributed by atoms with van der Waals surface area (Å²) in [6.45, 7) is 1.68. The number of anilines is 2. The summed E-state index contributed by atoms with van der Waals surface area (Å²) >= 11 is 1.09. The number of methoxy groups -OCH3 is 2. The molecule has 2 amide bonds. The van der Waals surface area contributed by atoms with E-state index in [2.05, 4.69) is 22.0 Å². The van der Waals surface area contributed by atoms with Gasteiger partial charge in [0.05, 0.1) is 48.2 Å². The number of allylic oxidation sites excluding steroid dienone is 2. The van der Waals surface area contributed by atoms with E-state index in [1.165, 1.54) is 20.3 Å². The molecule has 204 valence electrons. The van der Waals surface area contributed by atoms with Crippen LogP contribution in [0.1, 0.15) is 18.4 Å². The van der Waals surface area contributed by atoms with E-state index in [-0.39, 0.29) is 28.4 Å². The van der Waals surface area contributed by atoms with Crippen molar-refractivity contribution in [1.82, 2.24) is 5.32 Å². The summed E-state index contributed by atoms with van der Waals surface area (Å²) in [5.74, 6) is -1.38. The maximum atomic E-state index is 15.1. The predicted molar refractivity (Wildman–Crippen MR) is 153 cm³/mol. The summed E-state index contributed by atoms with van der Waals surface area (Å²) in [4.78, 5) is 26.3. The summed E-state index contributed by atoms with van der Waals surface area (Å²) in [6, 6.07) is 22.0. The fourth-order valence-corrected chi connectivity index (χ4v) is 5.21. The van der Waals surface area contributed by atoms with Crippen LogP contribution in [0.4, 0.5) is 15.8 Å². The molecule has 1 atom stereocenters. The molecule has 1 aliphatic heterocycles. The van der Waals surface area contributed by atoms with Gasteiger partial charge < -0.3 is 25.4 Å². The van der Waals surface area contributed by atoms with E-state index in [9.17, 15) is 14.9 Å². The third-order valence-corrected chi connectivity index (χ3v) is 7.18. The molecule has 40 heavy (non-hydrogen) atoms. The summed E-state index contributed by atoms with van der Waals surface area (Å²) in [6.07, 6.45) is 0. The highest BCUT2D eigenvalue weighted by molar-refractivity contribution is 8.03. The highest BCUT2D eigenvalue weighted by atomic mass is 32.2. The molecule has 0 radical (unpaired) electrons. The Bertz CT molecular complexity index is 1550. The predicted octanol–water partition coefficient (Wildman–Crippen LogP) is 5.55. The van der Waals surface area contributed by atoms with Crippen molar-refractivity contribution in [3.05, 3.63) is 106 Å². The smallest absolute Gasteiger partial charge is 0.254 e. The number of carbonyl (C=O) groups excluding carboxylic acids is 2. The molecule has 1 unspecified atom stereocenters. The van der Waals surface area contributed by atoms with Gasteiger partial charge >= 0.3 is 0 Å². The third kappa shape index (κ3) is 6.27. The van der Waals surface area contributed by atoms with E-state index >= 15 is 4.39 Å². The number of halogens is 1. The summed E-state index contributed by atoms with van der Waals surface area (Å²) in [7, 11) is 3.03. The topological polar surface area (TPSA) is 112 Å². The van der Waals surface area contributed by atoms with Gasteiger partial charge in [-0.05, 0) is 37.3 Å². The number of nitriles is 1. The minimum absolute atomic E-state index is 0.0370. The molecule has 10 heteroatoms. The number of nitrogens with zero attached hydrogens (tertiary/aromatic N) is 1. The molecule has 0 saturated carbocycles. The van der Waals surface area contributed by atoms with Crippen molar-refractivity contribution in [2.75, 3.05) is 30.6 Å². The second-order valence-electron chi connectivity index (χ2n) is 8.70. The Morgan fingerprint density at radius 3 is 2.50 bits per heavy atom. The van der Waals surface area contributed by atoms with Gasteiger partial charge in [0.25, 0.3) is 5.91 Å². The first-order valence-electron chi connectivity index (χ1n) is 12.2. The van der Waals surface area contributed by atoms with Crippen LogP contribution in [0.5, 0.6) is 11.5 Å². The van der Waals surface area contributed by atoms with E-state index in [1.54, 1.807) is 73.7 Å². The SMILES string of the molecule is COc1cccc(NC(=O)CSC2=C(C#N)C(c3ccccc3F)C(C(=O)Nc3ccccc3OC)=C(C)N2)c1. The maximum Gasteiger partial charge on any atom is 0.254 e. The lowest BCUT2D eigenvalue weighted by atomic mass is 9.82. The van der Waals surface area contributed by atoms with Crippen molar-refractivity contribution in [3.8, 4) is 17.6 Å². The Morgan fingerprint density at radius 1 is 1.02 bits per heavy atom. The van der Waals surface area contributed by atoms with Gasteiger partial charge in [-0.15, -0.1) is 0 Å². The molecule has 0 aromatic heterocycles. The Hall–Kier alpha value is -4.75. The Balaban J connectivity index is 1.64. The quantitative estimate of drug-likeness (QED) is 0.316. The van der Waals surface area contributed by atoms with Crippen LogP contribution in [-0.2, 0) is 9.59 Å². The van der Waals surface area contributed by atoms with Gasteiger partial charge in [0.15, 0.2) is 0 Å². The van der Waals surface area contributed by atoms with Gasteiger partial charge in [0.2, 0.25) is 5.91 Å². The van der Waals surface area contributed by atoms with Crippen LogP contribution < -0.4 is 25.4 Å². The van der Waals surface area contributed by atoms with Crippen molar-refractivity contribution in [2.24, 2.45) is 0 Å². The first-order valence-corrected chi connectivity index (χ1v) is 13.2. The lowest BCUT2D eigenvalue weighted by molar-refractivity contribution is -0.114. The zero-order chi connectivity index (χ0) is 28.6. The lowest BCUT2D eigenvalue weighted by Gasteiger charge is -2.30. The minimum Gasteiger partial charge on any atom is -0.497 e. The number of thioether (sulfide) groups is 1. The third-order valence-electron chi connectivity index (χ3n) is 6.16. The van der Waals surface area contributed by atoms with Crippen LogP contribution in [0.2, 0.25) is 0 Å². The van der Waals surface area contributed by atoms with Crippen LogP contribution in [0.15, 0.2) is 94.7 Å². The van der Waals surface area contributed by atoms with Gasteiger partial charge in [-0.2, -0.15) is 5.26 Å². The molecule has 0 aliphatic carbocycles. The van der Waals surface area contributed by atoms with E-state index in [1.807, 2.05) is 0 Å². The van der Waals surface area contributed by atoms with Crippen molar-refractivity contribution in [2.45, 2.75) is 12.8 Å². The van der Waals surface area contributed by atoms with Gasteiger partial charge in [0.1, 0.15) is 17.3 Å². The number of benzene rings is 3. The Labute approximate surface area is 235 Å². The van der Waals surface area contributed by atoms with Gasteiger partial charge in [-0.1, -0.05) is 48.2 Å². The molecule has 1 aliphatic rings. The number of carbonyl (C=O) groups is 2. The summed E-state index contributed by atoms with van der Waals surface area (Å²) in [5.41, 5.74) is 1.89. The van der Waals surface area contributed by atoms with Crippen molar-refractivity contribution in [3.63, 3.8) is 0 Å². The maximum absolute atomic E-state index is 15.1. The Morgan fingerprint density at radius 2 is 1.77 bits per heavy atom. The monoisotopic (exact) mass is 558 g/mol. The fraction of sp³-hybridized carbons (Fsp3) is 0.167. The summed E-state index contributed by atoms with van der Waals surface area (Å²) < 4.78 is 25.7. The molecule has 3 aromatic carbocycles. The van der Waals surface area contributed by atoms with Crippen LogP contribution in [-0.4, -0.2) is 31.8 Å². The van der Waals surface area contributed by atoms with Crippen LogP contribution in [0.25, 0.3) is 0 Å². The first kappa shape index (κ1) is 28.3.